The fraction of sp³-hybridized carbons (Fsp3) is 0.875. The molecule has 0 spiro atoms. The van der Waals surface area contributed by atoms with Gasteiger partial charge < -0.3 is 4.74 Å². The SMILES string of the molecule is CCC(OC)C(=O)CCS(C)(=O)=O. The lowest BCUT2D eigenvalue weighted by molar-refractivity contribution is -0.128. The molecule has 0 heterocycles. The van der Waals surface area contributed by atoms with Gasteiger partial charge in [-0.15, -0.1) is 0 Å². The second-order valence-electron chi connectivity index (χ2n) is 2.98. The lowest BCUT2D eigenvalue weighted by Gasteiger charge is -2.10. The molecule has 0 saturated heterocycles. The van der Waals surface area contributed by atoms with E-state index in [4.69, 9.17) is 4.74 Å². The summed E-state index contributed by atoms with van der Waals surface area (Å²) in [5.74, 6) is -0.235. The van der Waals surface area contributed by atoms with Gasteiger partial charge >= 0.3 is 0 Å². The number of hydrogen-bond donors (Lipinski definition) is 0. The zero-order valence-electron chi connectivity index (χ0n) is 8.24. The number of rotatable bonds is 6. The highest BCUT2D eigenvalue weighted by Gasteiger charge is 2.16. The van der Waals surface area contributed by atoms with Gasteiger partial charge in [-0.05, 0) is 6.42 Å². The number of carbonyl (C=O) groups is 1. The number of sulfone groups is 1. The van der Waals surface area contributed by atoms with Crippen molar-refractivity contribution in [2.24, 2.45) is 0 Å². The minimum Gasteiger partial charge on any atom is -0.374 e. The molecule has 0 aliphatic rings. The van der Waals surface area contributed by atoms with Crippen molar-refractivity contribution >= 4 is 15.6 Å². The molecule has 4 nitrogen and oxygen atoms in total. The molecule has 0 aliphatic heterocycles. The van der Waals surface area contributed by atoms with Gasteiger partial charge in [-0.25, -0.2) is 8.42 Å². The highest BCUT2D eigenvalue weighted by atomic mass is 32.2. The van der Waals surface area contributed by atoms with E-state index in [2.05, 4.69) is 0 Å². The Kier molecular flexibility index (Phi) is 5.17. The molecule has 0 rings (SSSR count). The standard InChI is InChI=1S/C8H16O4S/c1-4-8(12-2)7(9)5-6-13(3,10)11/h8H,4-6H2,1-3H3. The molecule has 0 fully saturated rings. The lowest BCUT2D eigenvalue weighted by atomic mass is 10.1. The third-order valence-electron chi connectivity index (χ3n) is 1.73. The molecule has 0 aliphatic carbocycles. The van der Waals surface area contributed by atoms with Crippen LogP contribution in [0.4, 0.5) is 0 Å². The molecule has 0 bridgehead atoms. The summed E-state index contributed by atoms with van der Waals surface area (Å²) in [6, 6.07) is 0. The molecular weight excluding hydrogens is 192 g/mol. The van der Waals surface area contributed by atoms with Crippen molar-refractivity contribution in [1.82, 2.24) is 0 Å². The lowest BCUT2D eigenvalue weighted by Crippen LogP contribution is -2.24. The van der Waals surface area contributed by atoms with Crippen LogP contribution in [-0.4, -0.2) is 39.4 Å². The topological polar surface area (TPSA) is 60.4 Å². The van der Waals surface area contributed by atoms with Crippen LogP contribution in [0.2, 0.25) is 0 Å². The van der Waals surface area contributed by atoms with Crippen molar-refractivity contribution in [3.8, 4) is 0 Å². The third kappa shape index (κ3) is 5.76. The summed E-state index contributed by atoms with van der Waals surface area (Å²) in [5.41, 5.74) is 0. The number of Topliss-reactive ketones (excluding diaryl/α,β-unsaturated/α-hetero) is 1. The normalized spacial score (nSPS) is 14.1. The quantitative estimate of drug-likeness (QED) is 0.634. The number of carbonyl (C=O) groups excluding carboxylic acids is 1. The van der Waals surface area contributed by atoms with E-state index in [1.165, 1.54) is 7.11 Å². The van der Waals surface area contributed by atoms with Gasteiger partial charge in [0.15, 0.2) is 5.78 Å². The van der Waals surface area contributed by atoms with Gasteiger partial charge in [0.2, 0.25) is 0 Å². The maximum absolute atomic E-state index is 11.3. The van der Waals surface area contributed by atoms with Crippen LogP contribution in [0.25, 0.3) is 0 Å². The van der Waals surface area contributed by atoms with Gasteiger partial charge in [-0.1, -0.05) is 6.92 Å². The van der Waals surface area contributed by atoms with Crippen LogP contribution in [0, 0.1) is 0 Å². The van der Waals surface area contributed by atoms with E-state index in [1.54, 1.807) is 0 Å². The van der Waals surface area contributed by atoms with Gasteiger partial charge in [-0.3, -0.25) is 4.79 Å². The van der Waals surface area contributed by atoms with Gasteiger partial charge in [0, 0.05) is 19.8 Å². The first kappa shape index (κ1) is 12.6. The summed E-state index contributed by atoms with van der Waals surface area (Å²) in [4.78, 5) is 11.3. The predicted molar refractivity (Wildman–Crippen MR) is 50.4 cm³/mol. The van der Waals surface area contributed by atoms with Crippen molar-refractivity contribution < 1.29 is 17.9 Å². The Balaban J connectivity index is 4.01. The highest BCUT2D eigenvalue weighted by Crippen LogP contribution is 2.02. The van der Waals surface area contributed by atoms with E-state index in [-0.39, 0.29) is 18.0 Å². The number of ether oxygens (including phenoxy) is 1. The molecule has 0 aromatic heterocycles. The van der Waals surface area contributed by atoms with E-state index in [9.17, 15) is 13.2 Å². The molecule has 78 valence electrons. The fourth-order valence-electron chi connectivity index (χ4n) is 0.973. The van der Waals surface area contributed by atoms with Crippen LogP contribution >= 0.6 is 0 Å². The van der Waals surface area contributed by atoms with Crippen molar-refractivity contribution in [2.75, 3.05) is 19.1 Å². The van der Waals surface area contributed by atoms with Gasteiger partial charge in [0.05, 0.1) is 5.75 Å². The molecule has 0 amide bonds. The van der Waals surface area contributed by atoms with Gasteiger partial charge in [0.1, 0.15) is 15.9 Å². The molecule has 0 saturated carbocycles. The molecule has 0 radical (unpaired) electrons. The first-order valence-electron chi connectivity index (χ1n) is 4.14. The molecule has 0 aromatic rings. The minimum atomic E-state index is -3.05. The Morgan fingerprint density at radius 2 is 2.00 bits per heavy atom. The van der Waals surface area contributed by atoms with Crippen molar-refractivity contribution in [3.05, 3.63) is 0 Å². The van der Waals surface area contributed by atoms with E-state index < -0.39 is 15.9 Å². The largest absolute Gasteiger partial charge is 0.374 e. The monoisotopic (exact) mass is 208 g/mol. The van der Waals surface area contributed by atoms with Crippen molar-refractivity contribution in [2.45, 2.75) is 25.9 Å². The molecule has 0 N–H and O–H groups in total. The third-order valence-corrected chi connectivity index (χ3v) is 2.68. The summed E-state index contributed by atoms with van der Waals surface area (Å²) < 4.78 is 26.4. The average Bonchev–Trinajstić information content (AvgIpc) is 2.02. The van der Waals surface area contributed by atoms with Crippen LogP contribution in [0.3, 0.4) is 0 Å². The Labute approximate surface area is 79.2 Å². The second-order valence-corrected chi connectivity index (χ2v) is 5.24. The van der Waals surface area contributed by atoms with Crippen LogP contribution < -0.4 is 0 Å². The molecule has 0 aromatic carbocycles. The van der Waals surface area contributed by atoms with E-state index in [0.717, 1.165) is 6.26 Å². The molecule has 1 unspecified atom stereocenters. The van der Waals surface area contributed by atoms with Gasteiger partial charge in [0.25, 0.3) is 0 Å². The zero-order valence-corrected chi connectivity index (χ0v) is 9.06. The van der Waals surface area contributed by atoms with Crippen LogP contribution in [0.15, 0.2) is 0 Å². The summed E-state index contributed by atoms with van der Waals surface area (Å²) in [6.07, 6.45) is 1.29. The zero-order chi connectivity index (χ0) is 10.5. The summed E-state index contributed by atoms with van der Waals surface area (Å²) in [7, 11) is -1.59. The van der Waals surface area contributed by atoms with E-state index in [0.29, 0.717) is 6.42 Å². The molecule has 1 atom stereocenters. The highest BCUT2D eigenvalue weighted by molar-refractivity contribution is 7.90. The smallest absolute Gasteiger partial charge is 0.162 e. The first-order valence-corrected chi connectivity index (χ1v) is 6.20. The van der Waals surface area contributed by atoms with E-state index >= 15 is 0 Å². The molecule has 13 heavy (non-hydrogen) atoms. The summed E-state index contributed by atoms with van der Waals surface area (Å²) in [5, 5.41) is 0. The second kappa shape index (κ2) is 5.34. The molecule has 5 heteroatoms. The van der Waals surface area contributed by atoms with Crippen molar-refractivity contribution in [3.63, 3.8) is 0 Å². The average molecular weight is 208 g/mol. The Morgan fingerprint density at radius 3 is 2.31 bits per heavy atom. The Hall–Kier alpha value is -0.420. The van der Waals surface area contributed by atoms with Gasteiger partial charge in [-0.2, -0.15) is 0 Å². The predicted octanol–water partition coefficient (Wildman–Crippen LogP) is 0.415. The maximum Gasteiger partial charge on any atom is 0.162 e. The Morgan fingerprint density at radius 1 is 1.46 bits per heavy atom. The Bertz CT molecular complexity index is 251. The maximum atomic E-state index is 11.3. The first-order chi connectivity index (χ1) is 5.90. The minimum absolute atomic E-state index is 0.0468. The summed E-state index contributed by atoms with van der Waals surface area (Å²) in [6.45, 7) is 1.83. The number of methoxy groups -OCH3 is 1. The van der Waals surface area contributed by atoms with Crippen LogP contribution in [-0.2, 0) is 19.4 Å². The van der Waals surface area contributed by atoms with Crippen LogP contribution in [0.1, 0.15) is 19.8 Å². The number of hydrogen-bond acceptors (Lipinski definition) is 4. The number of ketones is 1. The fourth-order valence-corrected chi connectivity index (χ4v) is 1.54. The molecular formula is C8H16O4S. The van der Waals surface area contributed by atoms with E-state index in [1.807, 2.05) is 6.92 Å². The summed E-state index contributed by atoms with van der Waals surface area (Å²) >= 11 is 0. The van der Waals surface area contributed by atoms with Crippen LogP contribution in [0.5, 0.6) is 0 Å². The van der Waals surface area contributed by atoms with Crippen molar-refractivity contribution in [1.29, 1.82) is 0 Å².